The fraction of sp³-hybridized carbons (Fsp3) is 0.318. The van der Waals surface area contributed by atoms with Crippen LogP contribution in [0.3, 0.4) is 0 Å². The van der Waals surface area contributed by atoms with E-state index in [9.17, 15) is 18.0 Å². The zero-order valence-corrected chi connectivity index (χ0v) is 18.6. The molecule has 2 unspecified atom stereocenters. The number of pyridine rings is 1. The fourth-order valence-corrected chi connectivity index (χ4v) is 5.50. The highest BCUT2D eigenvalue weighted by atomic mass is 32.2. The van der Waals surface area contributed by atoms with Crippen LogP contribution in [-0.4, -0.2) is 44.5 Å². The Morgan fingerprint density at radius 1 is 1.24 bits per heavy atom. The van der Waals surface area contributed by atoms with Crippen molar-refractivity contribution in [2.75, 3.05) is 13.7 Å². The van der Waals surface area contributed by atoms with Crippen molar-refractivity contribution in [2.24, 2.45) is 5.92 Å². The molecule has 1 saturated carbocycles. The van der Waals surface area contributed by atoms with E-state index in [-0.39, 0.29) is 23.3 Å². The zero-order valence-electron chi connectivity index (χ0n) is 17.8. The number of imide groups is 1. The van der Waals surface area contributed by atoms with Gasteiger partial charge in [0.25, 0.3) is 5.91 Å². The van der Waals surface area contributed by atoms with Crippen molar-refractivity contribution in [1.82, 2.24) is 20.3 Å². The highest BCUT2D eigenvalue weighted by Gasteiger charge is 2.50. The molecule has 2 aromatic heterocycles. The van der Waals surface area contributed by atoms with Crippen LogP contribution in [0.2, 0.25) is 0 Å². The number of carbonyl (C=O) groups is 2. The van der Waals surface area contributed by atoms with Crippen LogP contribution < -0.4 is 20.1 Å². The topological polar surface area (TPSA) is 140 Å². The van der Waals surface area contributed by atoms with Crippen LogP contribution in [0.5, 0.6) is 5.75 Å². The van der Waals surface area contributed by atoms with Crippen molar-refractivity contribution in [3.05, 3.63) is 42.6 Å². The Balaban J connectivity index is 1.26. The number of methoxy groups -OCH3 is 1. The molecule has 3 aromatic rings. The van der Waals surface area contributed by atoms with Gasteiger partial charge in [-0.15, -0.1) is 0 Å². The first-order chi connectivity index (χ1) is 15.8. The number of carbonyl (C=O) groups excluding carboxylic acids is 2. The number of hydrogen-bond donors (Lipinski definition) is 3. The predicted molar refractivity (Wildman–Crippen MR) is 118 cm³/mol. The lowest BCUT2D eigenvalue weighted by molar-refractivity contribution is -0.123. The lowest BCUT2D eigenvalue weighted by Gasteiger charge is -2.19. The van der Waals surface area contributed by atoms with E-state index in [4.69, 9.17) is 9.15 Å². The molecule has 3 N–H and O–H groups in total. The largest absolute Gasteiger partial charge is 0.497 e. The van der Waals surface area contributed by atoms with Crippen LogP contribution >= 0.6 is 0 Å². The van der Waals surface area contributed by atoms with Crippen molar-refractivity contribution in [3.8, 4) is 17.2 Å². The van der Waals surface area contributed by atoms with Gasteiger partial charge in [0, 0.05) is 18.1 Å². The number of furan rings is 1. The summed E-state index contributed by atoms with van der Waals surface area (Å²) in [5.41, 5.74) is 0.254. The van der Waals surface area contributed by atoms with Gasteiger partial charge in [0.05, 0.1) is 7.11 Å². The van der Waals surface area contributed by atoms with Gasteiger partial charge < -0.3 is 14.5 Å². The Hall–Kier alpha value is -3.44. The van der Waals surface area contributed by atoms with Gasteiger partial charge in [-0.3, -0.25) is 15.1 Å². The van der Waals surface area contributed by atoms with E-state index in [1.54, 1.807) is 25.3 Å². The van der Waals surface area contributed by atoms with E-state index in [0.717, 1.165) is 5.39 Å². The summed E-state index contributed by atoms with van der Waals surface area (Å²) in [6.45, 7) is 0.167. The molecule has 11 heteroatoms. The average Bonchev–Trinajstić information content (AvgIpc) is 3.49. The third-order valence-electron chi connectivity index (χ3n) is 6.22. The molecule has 3 heterocycles. The van der Waals surface area contributed by atoms with E-state index in [1.807, 2.05) is 12.1 Å². The molecule has 172 valence electrons. The fourth-order valence-electron chi connectivity index (χ4n) is 4.44. The number of rotatable bonds is 6. The quantitative estimate of drug-likeness (QED) is 0.469. The molecule has 0 radical (unpaired) electrons. The second kappa shape index (κ2) is 7.85. The van der Waals surface area contributed by atoms with E-state index in [1.165, 1.54) is 12.3 Å². The number of aromatic nitrogens is 1. The van der Waals surface area contributed by atoms with Gasteiger partial charge in [-0.05, 0) is 61.6 Å². The standard InChI is InChI=1S/C22H22N4O6S/c1-31-15-2-5-18-14(8-15)9-19(32-18)17-4-3-16(12-23-17)33(29,30)24-11-13-6-7-22(10-13)20(27)25-21(28)26-22/h2-5,8-9,12-13,24H,6-7,10-11H2,1H3,(H2,25,26,27,28). The number of hydrogen-bond acceptors (Lipinski definition) is 7. The summed E-state index contributed by atoms with van der Waals surface area (Å²) >= 11 is 0. The molecule has 1 saturated heterocycles. The first-order valence-electron chi connectivity index (χ1n) is 10.5. The predicted octanol–water partition coefficient (Wildman–Crippen LogP) is 2.16. The molecule has 0 bridgehead atoms. The first-order valence-corrected chi connectivity index (χ1v) is 11.9. The SMILES string of the molecule is COc1ccc2oc(-c3ccc(S(=O)(=O)NCC4CCC5(C4)NC(=O)NC5=O)cn3)cc2c1. The second-order valence-corrected chi connectivity index (χ2v) is 10.1. The van der Waals surface area contributed by atoms with Gasteiger partial charge in [-0.25, -0.2) is 17.9 Å². The molecular weight excluding hydrogens is 448 g/mol. The molecule has 1 spiro atoms. The Kier molecular flexibility index (Phi) is 5.09. The van der Waals surface area contributed by atoms with Gasteiger partial charge in [-0.2, -0.15) is 0 Å². The van der Waals surface area contributed by atoms with Gasteiger partial charge in [-0.1, -0.05) is 0 Å². The number of amides is 3. The Morgan fingerprint density at radius 3 is 2.79 bits per heavy atom. The van der Waals surface area contributed by atoms with Crippen LogP contribution in [0.25, 0.3) is 22.4 Å². The minimum absolute atomic E-state index is 0.0312. The number of urea groups is 1. The summed E-state index contributed by atoms with van der Waals surface area (Å²) in [6, 6.07) is 9.82. The first kappa shape index (κ1) is 21.4. The number of ether oxygens (including phenoxy) is 1. The molecule has 1 aliphatic heterocycles. The Morgan fingerprint density at radius 2 is 2.09 bits per heavy atom. The smallest absolute Gasteiger partial charge is 0.322 e. The highest BCUT2D eigenvalue weighted by molar-refractivity contribution is 7.89. The Labute approximate surface area is 189 Å². The highest BCUT2D eigenvalue weighted by Crippen LogP contribution is 2.36. The maximum atomic E-state index is 12.7. The molecule has 1 aromatic carbocycles. The van der Waals surface area contributed by atoms with Gasteiger partial charge in [0.2, 0.25) is 10.0 Å². The summed E-state index contributed by atoms with van der Waals surface area (Å²) in [6.07, 6.45) is 2.79. The summed E-state index contributed by atoms with van der Waals surface area (Å²) in [7, 11) is -2.20. The maximum absolute atomic E-state index is 12.7. The van der Waals surface area contributed by atoms with Gasteiger partial charge in [0.1, 0.15) is 27.5 Å². The Bertz CT molecular complexity index is 1350. The molecule has 5 rings (SSSR count). The molecule has 2 aliphatic rings. The van der Waals surface area contributed by atoms with Crippen molar-refractivity contribution in [3.63, 3.8) is 0 Å². The van der Waals surface area contributed by atoms with Crippen molar-refractivity contribution >= 4 is 32.9 Å². The molecule has 2 fully saturated rings. The van der Waals surface area contributed by atoms with E-state index in [0.29, 0.717) is 42.0 Å². The minimum Gasteiger partial charge on any atom is -0.497 e. The normalized spacial score (nSPS) is 22.6. The summed E-state index contributed by atoms with van der Waals surface area (Å²) in [5, 5.41) is 5.78. The van der Waals surface area contributed by atoms with Gasteiger partial charge in [0.15, 0.2) is 5.76 Å². The second-order valence-electron chi connectivity index (χ2n) is 8.34. The van der Waals surface area contributed by atoms with E-state index < -0.39 is 21.6 Å². The lowest BCUT2D eigenvalue weighted by atomic mass is 9.96. The number of nitrogens with zero attached hydrogens (tertiary/aromatic N) is 1. The maximum Gasteiger partial charge on any atom is 0.322 e. The van der Waals surface area contributed by atoms with E-state index in [2.05, 4.69) is 20.3 Å². The van der Waals surface area contributed by atoms with Crippen LogP contribution in [0.4, 0.5) is 4.79 Å². The lowest BCUT2D eigenvalue weighted by Crippen LogP contribution is -2.44. The van der Waals surface area contributed by atoms with Crippen molar-refractivity contribution < 1.29 is 27.2 Å². The molecule has 10 nitrogen and oxygen atoms in total. The number of benzene rings is 1. The molecule has 3 amide bonds. The number of nitrogens with one attached hydrogen (secondary N) is 3. The number of sulfonamides is 1. The molecule has 33 heavy (non-hydrogen) atoms. The van der Waals surface area contributed by atoms with Crippen LogP contribution in [-0.2, 0) is 14.8 Å². The minimum atomic E-state index is -3.79. The van der Waals surface area contributed by atoms with Crippen molar-refractivity contribution in [1.29, 1.82) is 0 Å². The van der Waals surface area contributed by atoms with Crippen LogP contribution in [0.15, 0.2) is 51.9 Å². The molecular formula is C22H22N4O6S. The zero-order chi connectivity index (χ0) is 23.2. The number of fused-ring (bicyclic) bond motifs is 1. The molecule has 1 aliphatic carbocycles. The van der Waals surface area contributed by atoms with E-state index >= 15 is 0 Å². The average molecular weight is 471 g/mol. The summed E-state index contributed by atoms with van der Waals surface area (Å²) < 4.78 is 39.1. The monoisotopic (exact) mass is 470 g/mol. The third-order valence-corrected chi connectivity index (χ3v) is 7.62. The van der Waals surface area contributed by atoms with Crippen LogP contribution in [0, 0.1) is 5.92 Å². The summed E-state index contributed by atoms with van der Waals surface area (Å²) in [4.78, 5) is 27.8. The third kappa shape index (κ3) is 3.93. The van der Waals surface area contributed by atoms with Crippen LogP contribution in [0.1, 0.15) is 19.3 Å². The van der Waals surface area contributed by atoms with Gasteiger partial charge >= 0.3 is 6.03 Å². The molecule has 2 atom stereocenters. The summed E-state index contributed by atoms with van der Waals surface area (Å²) in [5.74, 6) is 0.813. The van der Waals surface area contributed by atoms with Crippen molar-refractivity contribution in [2.45, 2.75) is 29.7 Å².